The molecular formula is C16H27N3. The minimum atomic E-state index is 0.397. The molecule has 0 amide bonds. The molecule has 4 unspecified atom stereocenters. The van der Waals surface area contributed by atoms with Crippen molar-refractivity contribution in [1.29, 1.82) is 0 Å². The number of nitrogens with zero attached hydrogens (tertiary/aromatic N) is 2. The van der Waals surface area contributed by atoms with E-state index in [4.69, 9.17) is 5.10 Å². The standard InChI is InChI=1S/C16H27N3/c1-10(17-4)16-11(2)18-19(12(16)3)9-15-8-13-5-6-14(15)7-13/h10,13-15,17H,5-9H2,1-4H3. The van der Waals surface area contributed by atoms with Crippen LogP contribution in [-0.4, -0.2) is 16.8 Å². The van der Waals surface area contributed by atoms with E-state index >= 15 is 0 Å². The van der Waals surface area contributed by atoms with Gasteiger partial charge in [-0.3, -0.25) is 4.68 Å². The lowest BCUT2D eigenvalue weighted by atomic mass is 9.89. The highest BCUT2D eigenvalue weighted by Crippen LogP contribution is 2.48. The maximum absolute atomic E-state index is 4.80. The molecule has 0 aliphatic heterocycles. The molecule has 2 saturated carbocycles. The Bertz CT molecular complexity index is 463. The number of hydrogen-bond donors (Lipinski definition) is 1. The summed E-state index contributed by atoms with van der Waals surface area (Å²) in [6, 6.07) is 0.397. The Labute approximate surface area is 116 Å². The van der Waals surface area contributed by atoms with Gasteiger partial charge in [0.25, 0.3) is 0 Å². The van der Waals surface area contributed by atoms with Gasteiger partial charge in [0.15, 0.2) is 0 Å². The van der Waals surface area contributed by atoms with Crippen LogP contribution in [0.5, 0.6) is 0 Å². The number of aromatic nitrogens is 2. The van der Waals surface area contributed by atoms with Gasteiger partial charge in [-0.05, 0) is 64.8 Å². The Morgan fingerprint density at radius 2 is 2.11 bits per heavy atom. The lowest BCUT2D eigenvalue weighted by Gasteiger charge is -2.22. The SMILES string of the molecule is CNC(C)c1c(C)nn(CC2CC3CCC2C3)c1C. The van der Waals surface area contributed by atoms with Crippen molar-refractivity contribution >= 4 is 0 Å². The second kappa shape index (κ2) is 4.93. The summed E-state index contributed by atoms with van der Waals surface area (Å²) in [6.45, 7) is 7.74. The smallest absolute Gasteiger partial charge is 0.0644 e. The number of rotatable bonds is 4. The third-order valence-electron chi connectivity index (χ3n) is 5.60. The molecule has 3 nitrogen and oxygen atoms in total. The van der Waals surface area contributed by atoms with Crippen LogP contribution < -0.4 is 5.32 Å². The van der Waals surface area contributed by atoms with Crippen molar-refractivity contribution in [3.63, 3.8) is 0 Å². The summed E-state index contributed by atoms with van der Waals surface area (Å²) < 4.78 is 2.28. The van der Waals surface area contributed by atoms with E-state index in [1.165, 1.54) is 42.6 Å². The van der Waals surface area contributed by atoms with Gasteiger partial charge in [-0.1, -0.05) is 6.42 Å². The molecule has 1 heterocycles. The first kappa shape index (κ1) is 13.2. The Morgan fingerprint density at radius 3 is 2.68 bits per heavy atom. The molecule has 2 bridgehead atoms. The largest absolute Gasteiger partial charge is 0.313 e. The summed E-state index contributed by atoms with van der Waals surface area (Å²) in [5, 5.41) is 8.15. The molecule has 0 radical (unpaired) electrons. The van der Waals surface area contributed by atoms with Crippen molar-refractivity contribution in [1.82, 2.24) is 15.1 Å². The average Bonchev–Trinajstić information content (AvgIpc) is 3.05. The molecule has 3 rings (SSSR count). The maximum Gasteiger partial charge on any atom is 0.0644 e. The highest BCUT2D eigenvalue weighted by Gasteiger charge is 2.39. The third kappa shape index (κ3) is 2.22. The molecule has 2 aliphatic rings. The van der Waals surface area contributed by atoms with Gasteiger partial charge in [0, 0.05) is 23.8 Å². The van der Waals surface area contributed by atoms with Crippen LogP contribution in [0.2, 0.25) is 0 Å². The molecule has 2 fully saturated rings. The van der Waals surface area contributed by atoms with Crippen molar-refractivity contribution in [3.8, 4) is 0 Å². The molecule has 3 heteroatoms. The molecule has 0 aromatic carbocycles. The summed E-state index contributed by atoms with van der Waals surface area (Å²) >= 11 is 0. The van der Waals surface area contributed by atoms with Crippen molar-refractivity contribution < 1.29 is 0 Å². The maximum atomic E-state index is 4.80. The first-order chi connectivity index (χ1) is 9.10. The monoisotopic (exact) mass is 261 g/mol. The predicted molar refractivity (Wildman–Crippen MR) is 78.1 cm³/mol. The van der Waals surface area contributed by atoms with Gasteiger partial charge in [-0.15, -0.1) is 0 Å². The minimum Gasteiger partial charge on any atom is -0.313 e. The van der Waals surface area contributed by atoms with E-state index in [0.717, 1.165) is 24.3 Å². The van der Waals surface area contributed by atoms with Crippen molar-refractivity contribution in [2.24, 2.45) is 17.8 Å². The molecule has 4 atom stereocenters. The van der Waals surface area contributed by atoms with E-state index in [-0.39, 0.29) is 0 Å². The zero-order valence-electron chi connectivity index (χ0n) is 12.7. The van der Waals surface area contributed by atoms with Crippen LogP contribution in [-0.2, 0) is 6.54 Å². The summed E-state index contributed by atoms with van der Waals surface area (Å²) in [5.74, 6) is 2.90. The van der Waals surface area contributed by atoms with Crippen LogP contribution in [0.25, 0.3) is 0 Å². The van der Waals surface area contributed by atoms with Crippen LogP contribution in [0.1, 0.15) is 55.6 Å². The highest BCUT2D eigenvalue weighted by molar-refractivity contribution is 5.27. The van der Waals surface area contributed by atoms with Gasteiger partial charge >= 0.3 is 0 Å². The van der Waals surface area contributed by atoms with E-state index in [9.17, 15) is 0 Å². The quantitative estimate of drug-likeness (QED) is 0.902. The fourth-order valence-corrected chi connectivity index (χ4v) is 4.48. The van der Waals surface area contributed by atoms with Crippen LogP contribution in [0.3, 0.4) is 0 Å². The molecular weight excluding hydrogens is 234 g/mol. The Balaban J connectivity index is 1.78. The summed E-state index contributed by atoms with van der Waals surface area (Å²) in [6.07, 6.45) is 5.89. The molecule has 1 N–H and O–H groups in total. The summed E-state index contributed by atoms with van der Waals surface area (Å²) in [7, 11) is 2.02. The van der Waals surface area contributed by atoms with Crippen molar-refractivity contribution in [2.75, 3.05) is 7.05 Å². The Kier molecular flexibility index (Phi) is 3.42. The van der Waals surface area contributed by atoms with Gasteiger partial charge < -0.3 is 5.32 Å². The predicted octanol–water partition coefficient (Wildman–Crippen LogP) is 3.22. The first-order valence-electron chi connectivity index (χ1n) is 7.81. The zero-order chi connectivity index (χ0) is 13.6. The van der Waals surface area contributed by atoms with Gasteiger partial charge in [-0.25, -0.2) is 0 Å². The van der Waals surface area contributed by atoms with E-state index in [1.54, 1.807) is 0 Å². The average molecular weight is 261 g/mol. The van der Waals surface area contributed by atoms with E-state index in [0.29, 0.717) is 6.04 Å². The van der Waals surface area contributed by atoms with Crippen LogP contribution in [0.15, 0.2) is 0 Å². The second-order valence-corrected chi connectivity index (χ2v) is 6.71. The highest BCUT2D eigenvalue weighted by atomic mass is 15.3. The van der Waals surface area contributed by atoms with Gasteiger partial charge in [0.05, 0.1) is 5.69 Å². The van der Waals surface area contributed by atoms with Crippen molar-refractivity contribution in [3.05, 3.63) is 17.0 Å². The van der Waals surface area contributed by atoms with Crippen LogP contribution in [0.4, 0.5) is 0 Å². The number of hydrogen-bond acceptors (Lipinski definition) is 2. The fraction of sp³-hybridized carbons (Fsp3) is 0.812. The number of nitrogens with one attached hydrogen (secondary N) is 1. The fourth-order valence-electron chi connectivity index (χ4n) is 4.48. The third-order valence-corrected chi connectivity index (χ3v) is 5.60. The summed E-state index contributed by atoms with van der Waals surface area (Å²) in [5.41, 5.74) is 3.95. The van der Waals surface area contributed by atoms with E-state index < -0.39 is 0 Å². The lowest BCUT2D eigenvalue weighted by molar-refractivity contribution is 0.283. The van der Waals surface area contributed by atoms with Crippen LogP contribution >= 0.6 is 0 Å². The van der Waals surface area contributed by atoms with E-state index in [1.807, 2.05) is 7.05 Å². The Morgan fingerprint density at radius 1 is 1.32 bits per heavy atom. The van der Waals surface area contributed by atoms with Crippen LogP contribution in [0, 0.1) is 31.6 Å². The van der Waals surface area contributed by atoms with Gasteiger partial charge in [0.2, 0.25) is 0 Å². The van der Waals surface area contributed by atoms with E-state index in [2.05, 4.69) is 30.8 Å². The normalized spacial score (nSPS) is 31.1. The second-order valence-electron chi connectivity index (χ2n) is 6.71. The summed E-state index contributed by atoms with van der Waals surface area (Å²) in [4.78, 5) is 0. The molecule has 2 aliphatic carbocycles. The minimum absolute atomic E-state index is 0.397. The molecule has 106 valence electrons. The Hall–Kier alpha value is -0.830. The zero-order valence-corrected chi connectivity index (χ0v) is 12.7. The topological polar surface area (TPSA) is 29.9 Å². The lowest BCUT2D eigenvalue weighted by Crippen LogP contribution is -2.19. The first-order valence-corrected chi connectivity index (χ1v) is 7.81. The molecule has 0 spiro atoms. The van der Waals surface area contributed by atoms with Crippen molar-refractivity contribution in [2.45, 2.75) is 59.0 Å². The molecule has 19 heavy (non-hydrogen) atoms. The van der Waals surface area contributed by atoms with Gasteiger partial charge in [0.1, 0.15) is 0 Å². The molecule has 1 aromatic heterocycles. The number of aryl methyl sites for hydroxylation is 1. The number of fused-ring (bicyclic) bond motifs is 2. The molecule has 0 saturated heterocycles. The van der Waals surface area contributed by atoms with Gasteiger partial charge in [-0.2, -0.15) is 5.10 Å². The molecule has 1 aromatic rings.